The van der Waals surface area contributed by atoms with Crippen LogP contribution in [0, 0.1) is 11.2 Å². The molecule has 1 aromatic rings. The van der Waals surface area contributed by atoms with Gasteiger partial charge in [0.25, 0.3) is 0 Å². The van der Waals surface area contributed by atoms with Crippen molar-refractivity contribution in [3.8, 4) is 0 Å². The maximum atomic E-state index is 12.9. The third-order valence-corrected chi connectivity index (χ3v) is 2.75. The van der Waals surface area contributed by atoms with Gasteiger partial charge in [-0.1, -0.05) is 39.8 Å². The summed E-state index contributed by atoms with van der Waals surface area (Å²) in [4.78, 5) is 11.6. The first-order valence-corrected chi connectivity index (χ1v) is 6.36. The lowest BCUT2D eigenvalue weighted by Gasteiger charge is -2.27. The molecule has 0 heterocycles. The van der Waals surface area contributed by atoms with E-state index in [4.69, 9.17) is 0 Å². The monoisotopic (exact) mass is 251 g/mol. The summed E-state index contributed by atoms with van der Waals surface area (Å²) in [7, 11) is 0. The van der Waals surface area contributed by atoms with Crippen LogP contribution in [0.4, 0.5) is 4.39 Å². The number of hydrogen-bond donors (Lipinski definition) is 1. The van der Waals surface area contributed by atoms with Gasteiger partial charge in [-0.25, -0.2) is 4.39 Å². The second kappa shape index (κ2) is 5.98. The van der Waals surface area contributed by atoms with Crippen LogP contribution in [-0.4, -0.2) is 5.91 Å². The smallest absolute Gasteiger partial charge is 0.220 e. The zero-order chi connectivity index (χ0) is 13.8. The second-order valence-corrected chi connectivity index (χ2v) is 5.79. The molecular formula is C15H22FNO. The van der Waals surface area contributed by atoms with Crippen LogP contribution in [0.25, 0.3) is 0 Å². The first-order valence-electron chi connectivity index (χ1n) is 6.36. The molecule has 1 N–H and O–H groups in total. The topological polar surface area (TPSA) is 29.1 Å². The molecule has 0 fully saturated rings. The Labute approximate surface area is 109 Å². The number of hydrogen-bond acceptors (Lipinski definition) is 1. The van der Waals surface area contributed by atoms with Gasteiger partial charge in [-0.15, -0.1) is 0 Å². The Kier molecular flexibility index (Phi) is 4.88. The van der Waals surface area contributed by atoms with E-state index in [0.717, 1.165) is 12.0 Å². The molecule has 100 valence electrons. The van der Waals surface area contributed by atoms with Gasteiger partial charge >= 0.3 is 0 Å². The number of carbonyl (C=O) groups excluding carboxylic acids is 1. The molecule has 2 nitrogen and oxygen atoms in total. The fraction of sp³-hybridized carbons (Fsp3) is 0.533. The molecule has 0 aliphatic rings. The molecule has 0 spiro atoms. The molecule has 1 aromatic carbocycles. The van der Waals surface area contributed by atoms with Crippen LogP contribution in [0.2, 0.25) is 0 Å². The zero-order valence-electron chi connectivity index (χ0n) is 11.6. The molecule has 0 saturated carbocycles. The number of nitrogens with one attached hydrogen (secondary N) is 1. The summed E-state index contributed by atoms with van der Waals surface area (Å²) in [6.07, 6.45) is 1.28. The summed E-state index contributed by atoms with van der Waals surface area (Å²) in [5.41, 5.74) is 1.05. The van der Waals surface area contributed by atoms with Crippen molar-refractivity contribution in [2.45, 2.75) is 46.6 Å². The van der Waals surface area contributed by atoms with Crippen molar-refractivity contribution in [1.82, 2.24) is 5.32 Å². The first-order chi connectivity index (χ1) is 8.31. The van der Waals surface area contributed by atoms with Crippen molar-refractivity contribution in [2.75, 3.05) is 0 Å². The van der Waals surface area contributed by atoms with Crippen molar-refractivity contribution in [1.29, 1.82) is 0 Å². The Hall–Kier alpha value is -1.38. The van der Waals surface area contributed by atoms with E-state index in [0.29, 0.717) is 6.42 Å². The van der Waals surface area contributed by atoms with E-state index in [2.05, 4.69) is 26.1 Å². The van der Waals surface area contributed by atoms with Crippen molar-refractivity contribution >= 4 is 5.91 Å². The largest absolute Gasteiger partial charge is 0.349 e. The molecule has 1 atom stereocenters. The van der Waals surface area contributed by atoms with Crippen LogP contribution < -0.4 is 5.32 Å². The maximum Gasteiger partial charge on any atom is 0.220 e. The lowest BCUT2D eigenvalue weighted by atomic mass is 9.85. The molecular weight excluding hydrogens is 229 g/mol. The minimum absolute atomic E-state index is 0.0218. The quantitative estimate of drug-likeness (QED) is 0.865. The number of halogens is 1. The van der Waals surface area contributed by atoms with Crippen molar-refractivity contribution < 1.29 is 9.18 Å². The van der Waals surface area contributed by atoms with Gasteiger partial charge in [0.15, 0.2) is 0 Å². The molecule has 18 heavy (non-hydrogen) atoms. The predicted molar refractivity (Wildman–Crippen MR) is 71.6 cm³/mol. The molecule has 0 saturated heterocycles. The summed E-state index contributed by atoms with van der Waals surface area (Å²) in [6.45, 7) is 8.21. The van der Waals surface area contributed by atoms with Crippen LogP contribution in [-0.2, 0) is 4.79 Å². The minimum atomic E-state index is -0.255. The molecule has 0 aliphatic heterocycles. The normalized spacial score (nSPS) is 13.2. The number of amides is 1. The average Bonchev–Trinajstić information content (AvgIpc) is 2.27. The van der Waals surface area contributed by atoms with Crippen molar-refractivity contribution in [3.63, 3.8) is 0 Å². The lowest BCUT2D eigenvalue weighted by Crippen LogP contribution is -2.30. The Balaban J connectivity index is 2.89. The van der Waals surface area contributed by atoms with Gasteiger partial charge < -0.3 is 5.32 Å². The second-order valence-electron chi connectivity index (χ2n) is 5.79. The van der Waals surface area contributed by atoms with Crippen LogP contribution in [0.3, 0.4) is 0 Å². The highest BCUT2D eigenvalue weighted by Gasteiger charge is 2.21. The molecule has 0 bridgehead atoms. The van der Waals surface area contributed by atoms with Gasteiger partial charge in [-0.2, -0.15) is 0 Å². The Morgan fingerprint density at radius 2 is 1.83 bits per heavy atom. The zero-order valence-corrected chi connectivity index (χ0v) is 11.6. The summed E-state index contributed by atoms with van der Waals surface area (Å²) in [5, 5.41) is 3.00. The third-order valence-electron chi connectivity index (χ3n) is 2.75. The van der Waals surface area contributed by atoms with E-state index in [1.807, 2.05) is 6.92 Å². The molecule has 1 amide bonds. The summed E-state index contributed by atoms with van der Waals surface area (Å²) in [6, 6.07) is 6.29. The van der Waals surface area contributed by atoms with Gasteiger partial charge in [-0.3, -0.25) is 4.79 Å². The number of carbonyl (C=O) groups is 1. The molecule has 0 aromatic heterocycles. The Morgan fingerprint density at radius 3 is 2.28 bits per heavy atom. The number of benzene rings is 1. The SMILES string of the molecule is CCC(=O)N[C@H](CC(C)(C)C)c1ccc(F)cc1. The van der Waals surface area contributed by atoms with E-state index >= 15 is 0 Å². The Morgan fingerprint density at radius 1 is 1.28 bits per heavy atom. The minimum Gasteiger partial charge on any atom is -0.349 e. The van der Waals surface area contributed by atoms with Crippen molar-refractivity contribution in [2.24, 2.45) is 5.41 Å². The molecule has 1 rings (SSSR count). The van der Waals surface area contributed by atoms with Crippen LogP contribution in [0.5, 0.6) is 0 Å². The van der Waals surface area contributed by atoms with Gasteiger partial charge in [0.1, 0.15) is 5.82 Å². The highest BCUT2D eigenvalue weighted by molar-refractivity contribution is 5.76. The van der Waals surface area contributed by atoms with E-state index in [1.165, 1.54) is 12.1 Å². The van der Waals surface area contributed by atoms with Gasteiger partial charge in [0.2, 0.25) is 5.91 Å². The third kappa shape index (κ3) is 4.86. The standard InChI is InChI=1S/C15H22FNO/c1-5-14(18)17-13(10-15(2,3)4)11-6-8-12(16)9-7-11/h6-9,13H,5,10H2,1-4H3,(H,17,18)/t13-/m1/s1. The number of rotatable bonds is 4. The van der Waals surface area contributed by atoms with E-state index in [-0.39, 0.29) is 23.2 Å². The van der Waals surface area contributed by atoms with Crippen LogP contribution in [0.15, 0.2) is 24.3 Å². The van der Waals surface area contributed by atoms with Crippen LogP contribution >= 0.6 is 0 Å². The van der Waals surface area contributed by atoms with Gasteiger partial charge in [0.05, 0.1) is 6.04 Å². The van der Waals surface area contributed by atoms with E-state index in [1.54, 1.807) is 12.1 Å². The Bertz CT molecular complexity index is 392. The highest BCUT2D eigenvalue weighted by atomic mass is 19.1. The summed E-state index contributed by atoms with van der Waals surface area (Å²) < 4.78 is 12.9. The molecule has 0 unspecified atom stereocenters. The van der Waals surface area contributed by atoms with E-state index in [9.17, 15) is 9.18 Å². The van der Waals surface area contributed by atoms with Crippen molar-refractivity contribution in [3.05, 3.63) is 35.6 Å². The summed E-state index contributed by atoms with van der Waals surface area (Å²) >= 11 is 0. The molecule has 0 aliphatic carbocycles. The highest BCUT2D eigenvalue weighted by Crippen LogP contribution is 2.29. The fourth-order valence-electron chi connectivity index (χ4n) is 1.86. The van der Waals surface area contributed by atoms with Gasteiger partial charge in [-0.05, 0) is 29.5 Å². The fourth-order valence-corrected chi connectivity index (χ4v) is 1.86. The maximum absolute atomic E-state index is 12.9. The molecule has 3 heteroatoms. The first kappa shape index (κ1) is 14.7. The molecule has 0 radical (unpaired) electrons. The van der Waals surface area contributed by atoms with Crippen LogP contribution in [0.1, 0.15) is 52.1 Å². The summed E-state index contributed by atoms with van der Waals surface area (Å²) in [5.74, 6) is -0.233. The lowest BCUT2D eigenvalue weighted by molar-refractivity contribution is -0.121. The average molecular weight is 251 g/mol. The predicted octanol–water partition coefficient (Wildman–Crippen LogP) is 3.83. The van der Waals surface area contributed by atoms with Gasteiger partial charge in [0, 0.05) is 6.42 Å². The van der Waals surface area contributed by atoms with E-state index < -0.39 is 0 Å².